The SMILES string of the molecule is CCCCCCCCCCCCC/C=C/C(O)C(CO)NC(=O)CCCCCCCCCCCCCCCCCCCCC. The lowest BCUT2D eigenvalue weighted by atomic mass is 10.0. The maximum atomic E-state index is 12.3. The highest BCUT2D eigenvalue weighted by molar-refractivity contribution is 5.76. The number of allylic oxidation sites excluding steroid dienone is 1. The Kier molecular flexibility index (Phi) is 35.9. The predicted octanol–water partition coefficient (Wildman–Crippen LogP) is 11.9. The Bertz CT molecular complexity index is 593. The van der Waals surface area contributed by atoms with Crippen LogP contribution < -0.4 is 5.32 Å². The molecule has 0 saturated heterocycles. The summed E-state index contributed by atoms with van der Waals surface area (Å²) < 4.78 is 0. The molecule has 0 spiro atoms. The molecule has 0 heterocycles. The molecule has 0 radical (unpaired) electrons. The fourth-order valence-electron chi connectivity index (χ4n) is 6.18. The third-order valence-corrected chi connectivity index (χ3v) is 9.27. The van der Waals surface area contributed by atoms with E-state index in [0.717, 1.165) is 25.7 Å². The third kappa shape index (κ3) is 32.5. The van der Waals surface area contributed by atoms with Crippen LogP contribution in [0.4, 0.5) is 0 Å². The fraction of sp³-hybridized carbons (Fsp3) is 0.925. The van der Waals surface area contributed by atoms with Gasteiger partial charge in [0.05, 0.1) is 18.8 Å². The summed E-state index contributed by atoms with van der Waals surface area (Å²) in [5.74, 6) is -0.0613. The van der Waals surface area contributed by atoms with E-state index in [1.54, 1.807) is 6.08 Å². The van der Waals surface area contributed by atoms with E-state index in [9.17, 15) is 15.0 Å². The molecule has 0 rings (SSSR count). The van der Waals surface area contributed by atoms with Gasteiger partial charge in [0, 0.05) is 6.42 Å². The van der Waals surface area contributed by atoms with E-state index in [1.807, 2.05) is 6.08 Å². The van der Waals surface area contributed by atoms with Crippen LogP contribution in [0.2, 0.25) is 0 Å². The monoisotopic (exact) mass is 622 g/mol. The molecular weight excluding hydrogens is 542 g/mol. The lowest BCUT2D eigenvalue weighted by molar-refractivity contribution is -0.123. The van der Waals surface area contributed by atoms with Gasteiger partial charge in [-0.3, -0.25) is 4.79 Å². The second kappa shape index (κ2) is 36.6. The van der Waals surface area contributed by atoms with Gasteiger partial charge < -0.3 is 15.5 Å². The summed E-state index contributed by atoms with van der Waals surface area (Å²) in [6.45, 7) is 4.31. The molecule has 0 bridgehead atoms. The van der Waals surface area contributed by atoms with E-state index in [4.69, 9.17) is 0 Å². The first-order valence-corrected chi connectivity index (χ1v) is 19.9. The lowest BCUT2D eigenvalue weighted by Crippen LogP contribution is -2.45. The summed E-state index contributed by atoms with van der Waals surface area (Å²) in [4.78, 5) is 12.3. The molecule has 4 heteroatoms. The van der Waals surface area contributed by atoms with Crippen LogP contribution in [0.15, 0.2) is 12.2 Å². The van der Waals surface area contributed by atoms with Crippen molar-refractivity contribution < 1.29 is 15.0 Å². The van der Waals surface area contributed by atoms with Gasteiger partial charge in [-0.15, -0.1) is 0 Å². The number of carbonyl (C=O) groups is 1. The van der Waals surface area contributed by atoms with Crippen molar-refractivity contribution in [2.75, 3.05) is 6.61 Å². The highest BCUT2D eigenvalue weighted by atomic mass is 16.3. The van der Waals surface area contributed by atoms with Gasteiger partial charge in [-0.1, -0.05) is 206 Å². The van der Waals surface area contributed by atoms with Gasteiger partial charge >= 0.3 is 0 Å². The summed E-state index contributed by atoms with van der Waals surface area (Å²) >= 11 is 0. The number of hydrogen-bond acceptors (Lipinski definition) is 3. The Morgan fingerprint density at radius 3 is 1.18 bits per heavy atom. The second-order valence-electron chi connectivity index (χ2n) is 13.7. The Balaban J connectivity index is 3.54. The molecule has 0 aromatic heterocycles. The molecule has 44 heavy (non-hydrogen) atoms. The second-order valence-corrected chi connectivity index (χ2v) is 13.7. The lowest BCUT2D eigenvalue weighted by Gasteiger charge is -2.20. The molecular formula is C40H79NO3. The highest BCUT2D eigenvalue weighted by Crippen LogP contribution is 2.15. The maximum Gasteiger partial charge on any atom is 0.220 e. The molecule has 3 N–H and O–H groups in total. The van der Waals surface area contributed by atoms with Gasteiger partial charge in [0.15, 0.2) is 0 Å². The summed E-state index contributed by atoms with van der Waals surface area (Å²) in [5.41, 5.74) is 0. The Labute approximate surface area is 276 Å². The number of aliphatic hydroxyl groups is 2. The highest BCUT2D eigenvalue weighted by Gasteiger charge is 2.17. The molecule has 0 aromatic carbocycles. The summed E-state index contributed by atoms with van der Waals surface area (Å²) in [5, 5.41) is 22.9. The zero-order valence-corrected chi connectivity index (χ0v) is 29.9. The number of rotatable bonds is 36. The average Bonchev–Trinajstić information content (AvgIpc) is 3.03. The molecule has 0 aliphatic heterocycles. The summed E-state index contributed by atoms with van der Waals surface area (Å²) in [6, 6.07) is -0.614. The largest absolute Gasteiger partial charge is 0.394 e. The van der Waals surface area contributed by atoms with E-state index < -0.39 is 12.1 Å². The first-order valence-electron chi connectivity index (χ1n) is 19.9. The number of hydrogen-bond donors (Lipinski definition) is 3. The van der Waals surface area contributed by atoms with Crippen LogP contribution in [-0.2, 0) is 4.79 Å². The number of amides is 1. The van der Waals surface area contributed by atoms with Crippen LogP contribution >= 0.6 is 0 Å². The first kappa shape index (κ1) is 43.1. The smallest absolute Gasteiger partial charge is 0.220 e. The number of aliphatic hydroxyl groups excluding tert-OH is 2. The van der Waals surface area contributed by atoms with Crippen molar-refractivity contribution in [3.8, 4) is 0 Å². The van der Waals surface area contributed by atoms with E-state index in [1.165, 1.54) is 173 Å². The van der Waals surface area contributed by atoms with E-state index in [2.05, 4.69) is 19.2 Å². The Morgan fingerprint density at radius 2 is 0.841 bits per heavy atom. The van der Waals surface area contributed by atoms with Gasteiger partial charge in [0.25, 0.3) is 0 Å². The quantitative estimate of drug-likeness (QED) is 0.0481. The minimum absolute atomic E-state index is 0.0613. The standard InChI is InChI=1S/C40H79NO3/c1-3-5-7-9-11-13-15-17-18-19-20-21-22-24-26-28-30-32-34-36-40(44)41-38(37-42)39(43)35-33-31-29-27-25-23-16-14-12-10-8-6-4-2/h33,35,38-39,42-43H,3-32,34,36-37H2,1-2H3,(H,41,44)/b35-33+. The minimum atomic E-state index is -0.832. The van der Waals surface area contributed by atoms with Gasteiger partial charge in [0.2, 0.25) is 5.91 Å². The van der Waals surface area contributed by atoms with Crippen molar-refractivity contribution in [3.63, 3.8) is 0 Å². The number of carbonyl (C=O) groups excluding carboxylic acids is 1. The fourth-order valence-corrected chi connectivity index (χ4v) is 6.18. The van der Waals surface area contributed by atoms with Crippen LogP contribution in [0.25, 0.3) is 0 Å². The average molecular weight is 622 g/mol. The van der Waals surface area contributed by atoms with Crippen molar-refractivity contribution in [1.82, 2.24) is 5.32 Å². The number of unbranched alkanes of at least 4 members (excludes halogenated alkanes) is 29. The molecule has 2 unspecified atom stereocenters. The molecule has 0 aromatic rings. The summed E-state index contributed by atoms with van der Waals surface area (Å²) in [6.07, 6.45) is 44.5. The van der Waals surface area contributed by atoms with E-state index in [-0.39, 0.29) is 12.5 Å². The van der Waals surface area contributed by atoms with Crippen molar-refractivity contribution >= 4 is 5.91 Å². The molecule has 1 amide bonds. The normalized spacial score (nSPS) is 13.1. The van der Waals surface area contributed by atoms with E-state index >= 15 is 0 Å². The molecule has 262 valence electrons. The predicted molar refractivity (Wildman–Crippen MR) is 193 cm³/mol. The molecule has 0 aliphatic carbocycles. The van der Waals surface area contributed by atoms with Gasteiger partial charge in [-0.2, -0.15) is 0 Å². The Hall–Kier alpha value is -0.870. The van der Waals surface area contributed by atoms with E-state index in [0.29, 0.717) is 6.42 Å². The molecule has 0 aliphatic rings. The van der Waals surface area contributed by atoms with Crippen LogP contribution in [-0.4, -0.2) is 34.9 Å². The van der Waals surface area contributed by atoms with Crippen molar-refractivity contribution in [1.29, 1.82) is 0 Å². The molecule has 2 atom stereocenters. The van der Waals surface area contributed by atoms with Crippen LogP contribution in [0.1, 0.15) is 219 Å². The van der Waals surface area contributed by atoms with Crippen LogP contribution in [0, 0.1) is 0 Å². The van der Waals surface area contributed by atoms with Gasteiger partial charge in [0.1, 0.15) is 0 Å². The molecule has 0 saturated carbocycles. The van der Waals surface area contributed by atoms with Crippen molar-refractivity contribution in [2.45, 2.75) is 231 Å². The van der Waals surface area contributed by atoms with Crippen LogP contribution in [0.3, 0.4) is 0 Å². The van der Waals surface area contributed by atoms with Crippen LogP contribution in [0.5, 0.6) is 0 Å². The summed E-state index contributed by atoms with van der Waals surface area (Å²) in [7, 11) is 0. The number of nitrogens with one attached hydrogen (secondary N) is 1. The van der Waals surface area contributed by atoms with Gasteiger partial charge in [-0.25, -0.2) is 0 Å². The maximum absolute atomic E-state index is 12.3. The zero-order valence-electron chi connectivity index (χ0n) is 29.9. The van der Waals surface area contributed by atoms with Gasteiger partial charge in [-0.05, 0) is 19.3 Å². The topological polar surface area (TPSA) is 69.6 Å². The molecule has 0 fully saturated rings. The van der Waals surface area contributed by atoms with Crippen molar-refractivity contribution in [3.05, 3.63) is 12.2 Å². The third-order valence-electron chi connectivity index (χ3n) is 9.27. The Morgan fingerprint density at radius 1 is 0.523 bits per heavy atom. The zero-order chi connectivity index (χ0) is 32.2. The molecule has 4 nitrogen and oxygen atoms in total. The minimum Gasteiger partial charge on any atom is -0.394 e. The van der Waals surface area contributed by atoms with Crippen molar-refractivity contribution in [2.24, 2.45) is 0 Å². The first-order chi connectivity index (χ1) is 21.7.